The van der Waals surface area contributed by atoms with Gasteiger partial charge in [0, 0.05) is 7.11 Å². The van der Waals surface area contributed by atoms with Gasteiger partial charge in [0.1, 0.15) is 0 Å². The first-order valence-electron chi connectivity index (χ1n) is 5.49. The molecule has 3 heteroatoms. The van der Waals surface area contributed by atoms with E-state index >= 15 is 0 Å². The average Bonchev–Trinajstić information content (AvgIpc) is 1.97. The first kappa shape index (κ1) is 12.0. The number of nitrogens with two attached hydrogens (primary N) is 1. The first-order chi connectivity index (χ1) is 6.50. The van der Waals surface area contributed by atoms with E-state index in [1.807, 2.05) is 0 Å². The van der Waals surface area contributed by atoms with Crippen molar-refractivity contribution in [1.82, 2.24) is 5.43 Å². The average molecular weight is 200 g/mol. The maximum absolute atomic E-state index is 5.63. The van der Waals surface area contributed by atoms with E-state index in [2.05, 4.69) is 26.2 Å². The Balaban J connectivity index is 2.63. The van der Waals surface area contributed by atoms with Gasteiger partial charge in [0.25, 0.3) is 0 Å². The zero-order chi connectivity index (χ0) is 10.8. The summed E-state index contributed by atoms with van der Waals surface area (Å²) < 4.78 is 5.58. The highest BCUT2D eigenvalue weighted by molar-refractivity contribution is 4.92. The van der Waals surface area contributed by atoms with Crippen molar-refractivity contribution < 1.29 is 4.74 Å². The lowest BCUT2D eigenvalue weighted by Gasteiger charge is -2.42. The van der Waals surface area contributed by atoms with Gasteiger partial charge in [-0.25, -0.2) is 0 Å². The Morgan fingerprint density at radius 3 is 2.14 bits per heavy atom. The second kappa shape index (κ2) is 4.60. The molecule has 0 aliphatic heterocycles. The molecule has 84 valence electrons. The third-order valence-corrected chi connectivity index (χ3v) is 3.28. The molecule has 1 saturated carbocycles. The molecule has 2 unspecified atom stereocenters. The van der Waals surface area contributed by atoms with E-state index in [1.54, 1.807) is 7.11 Å². The molecule has 1 aliphatic rings. The van der Waals surface area contributed by atoms with Crippen molar-refractivity contribution in [2.45, 2.75) is 52.2 Å². The van der Waals surface area contributed by atoms with E-state index < -0.39 is 0 Å². The van der Waals surface area contributed by atoms with Crippen LogP contribution in [0, 0.1) is 11.3 Å². The van der Waals surface area contributed by atoms with Crippen LogP contribution in [0.1, 0.15) is 40.0 Å². The Hall–Kier alpha value is -0.120. The Bertz CT molecular complexity index is 173. The van der Waals surface area contributed by atoms with Gasteiger partial charge in [0.05, 0.1) is 12.1 Å². The van der Waals surface area contributed by atoms with E-state index in [4.69, 9.17) is 10.6 Å². The van der Waals surface area contributed by atoms with Crippen LogP contribution in [0.2, 0.25) is 0 Å². The first-order valence-corrected chi connectivity index (χ1v) is 5.49. The SMILES string of the molecule is COC(C(NN)C1CCC1)C(C)(C)C. The van der Waals surface area contributed by atoms with Gasteiger partial charge in [-0.1, -0.05) is 27.2 Å². The summed E-state index contributed by atoms with van der Waals surface area (Å²) in [7, 11) is 1.78. The summed E-state index contributed by atoms with van der Waals surface area (Å²) in [6.07, 6.45) is 4.09. The van der Waals surface area contributed by atoms with E-state index in [0.29, 0.717) is 12.0 Å². The summed E-state index contributed by atoms with van der Waals surface area (Å²) >= 11 is 0. The molecule has 0 saturated heterocycles. The lowest BCUT2D eigenvalue weighted by molar-refractivity contribution is -0.0371. The highest BCUT2D eigenvalue weighted by Crippen LogP contribution is 2.36. The number of hydrogen-bond acceptors (Lipinski definition) is 3. The van der Waals surface area contributed by atoms with E-state index in [-0.39, 0.29) is 11.5 Å². The van der Waals surface area contributed by atoms with E-state index in [1.165, 1.54) is 19.3 Å². The third kappa shape index (κ3) is 2.47. The Morgan fingerprint density at radius 1 is 1.36 bits per heavy atom. The summed E-state index contributed by atoms with van der Waals surface area (Å²) in [4.78, 5) is 0. The smallest absolute Gasteiger partial charge is 0.0788 e. The van der Waals surface area contributed by atoms with Crippen molar-refractivity contribution in [1.29, 1.82) is 0 Å². The number of rotatable bonds is 4. The fourth-order valence-corrected chi connectivity index (χ4v) is 2.31. The van der Waals surface area contributed by atoms with Crippen LogP contribution in [0.15, 0.2) is 0 Å². The van der Waals surface area contributed by atoms with Crippen LogP contribution in [-0.2, 0) is 4.74 Å². The molecule has 0 aromatic heterocycles. The zero-order valence-electron chi connectivity index (χ0n) is 9.84. The van der Waals surface area contributed by atoms with Crippen molar-refractivity contribution in [3.8, 4) is 0 Å². The lowest BCUT2D eigenvalue weighted by atomic mass is 9.72. The molecule has 0 bridgehead atoms. The standard InChI is InChI=1S/C11H24N2O/c1-11(2,3)10(14-4)9(13-12)8-6-5-7-8/h8-10,13H,5-7,12H2,1-4H3. The van der Waals surface area contributed by atoms with E-state index in [9.17, 15) is 0 Å². The molecule has 0 spiro atoms. The molecule has 0 aromatic rings. The predicted octanol–water partition coefficient (Wildman–Crippen LogP) is 1.68. The molecular formula is C11H24N2O. The van der Waals surface area contributed by atoms with Crippen molar-refractivity contribution in [2.24, 2.45) is 17.2 Å². The van der Waals surface area contributed by atoms with Crippen LogP contribution in [0.5, 0.6) is 0 Å². The van der Waals surface area contributed by atoms with Crippen LogP contribution in [0.25, 0.3) is 0 Å². The molecule has 0 amide bonds. The van der Waals surface area contributed by atoms with Crippen LogP contribution in [0.4, 0.5) is 0 Å². The third-order valence-electron chi connectivity index (χ3n) is 3.28. The van der Waals surface area contributed by atoms with Gasteiger partial charge in [-0.05, 0) is 24.2 Å². The Kier molecular flexibility index (Phi) is 3.93. The second-order valence-electron chi connectivity index (χ2n) is 5.41. The maximum atomic E-state index is 5.63. The molecule has 0 heterocycles. The fraction of sp³-hybridized carbons (Fsp3) is 1.00. The highest BCUT2D eigenvalue weighted by atomic mass is 16.5. The van der Waals surface area contributed by atoms with Gasteiger partial charge in [0.2, 0.25) is 0 Å². The molecule has 1 fully saturated rings. The number of ether oxygens (including phenoxy) is 1. The van der Waals surface area contributed by atoms with Crippen LogP contribution < -0.4 is 11.3 Å². The van der Waals surface area contributed by atoms with Crippen molar-refractivity contribution in [2.75, 3.05) is 7.11 Å². The van der Waals surface area contributed by atoms with Gasteiger partial charge >= 0.3 is 0 Å². The molecule has 2 atom stereocenters. The lowest BCUT2D eigenvalue weighted by Crippen LogP contribution is -2.55. The number of hydrogen-bond donors (Lipinski definition) is 2. The summed E-state index contributed by atoms with van der Waals surface area (Å²) in [5.74, 6) is 6.32. The summed E-state index contributed by atoms with van der Waals surface area (Å²) in [6, 6.07) is 0.300. The molecule has 0 aromatic carbocycles. The van der Waals surface area contributed by atoms with Crippen molar-refractivity contribution >= 4 is 0 Å². The quantitative estimate of drug-likeness (QED) is 0.536. The number of nitrogens with one attached hydrogen (secondary N) is 1. The Labute approximate surface area is 87.4 Å². The number of hydrazine groups is 1. The predicted molar refractivity (Wildman–Crippen MR) is 58.7 cm³/mol. The Morgan fingerprint density at radius 2 is 1.93 bits per heavy atom. The zero-order valence-corrected chi connectivity index (χ0v) is 9.84. The molecule has 14 heavy (non-hydrogen) atoms. The molecule has 1 aliphatic carbocycles. The summed E-state index contributed by atoms with van der Waals surface area (Å²) in [6.45, 7) is 6.60. The minimum absolute atomic E-state index is 0.140. The van der Waals surface area contributed by atoms with Crippen molar-refractivity contribution in [3.63, 3.8) is 0 Å². The molecular weight excluding hydrogens is 176 g/mol. The molecule has 3 nitrogen and oxygen atoms in total. The van der Waals surface area contributed by atoms with Crippen LogP contribution >= 0.6 is 0 Å². The van der Waals surface area contributed by atoms with Gasteiger partial charge in [-0.3, -0.25) is 11.3 Å². The summed E-state index contributed by atoms with van der Waals surface area (Å²) in [5, 5.41) is 0. The molecule has 0 radical (unpaired) electrons. The maximum Gasteiger partial charge on any atom is 0.0788 e. The van der Waals surface area contributed by atoms with Gasteiger partial charge in [0.15, 0.2) is 0 Å². The highest BCUT2D eigenvalue weighted by Gasteiger charge is 2.38. The fourth-order valence-electron chi connectivity index (χ4n) is 2.31. The molecule has 3 N–H and O–H groups in total. The van der Waals surface area contributed by atoms with Crippen LogP contribution in [-0.4, -0.2) is 19.3 Å². The minimum Gasteiger partial charge on any atom is -0.379 e. The van der Waals surface area contributed by atoms with Gasteiger partial charge in [-0.15, -0.1) is 0 Å². The monoisotopic (exact) mass is 200 g/mol. The van der Waals surface area contributed by atoms with E-state index in [0.717, 1.165) is 0 Å². The van der Waals surface area contributed by atoms with Crippen LogP contribution in [0.3, 0.4) is 0 Å². The largest absolute Gasteiger partial charge is 0.379 e. The summed E-state index contributed by atoms with van der Waals surface area (Å²) in [5.41, 5.74) is 3.08. The normalized spacial score (nSPS) is 22.9. The number of methoxy groups -OCH3 is 1. The van der Waals surface area contributed by atoms with Gasteiger partial charge < -0.3 is 4.74 Å². The topological polar surface area (TPSA) is 47.3 Å². The van der Waals surface area contributed by atoms with Gasteiger partial charge in [-0.2, -0.15) is 0 Å². The minimum atomic E-state index is 0.140. The second-order valence-corrected chi connectivity index (χ2v) is 5.41. The van der Waals surface area contributed by atoms with Crippen molar-refractivity contribution in [3.05, 3.63) is 0 Å². The molecule has 1 rings (SSSR count).